The predicted molar refractivity (Wildman–Crippen MR) is 98.8 cm³/mol. The Morgan fingerprint density at radius 1 is 1.08 bits per heavy atom. The molecular formula is C19H24N4O3. The standard InChI is InChI=1S/C19H24N4O3/c1-14-4-6-16(7-5-14)26-13-19(24)23-10-8-22(9-11-23)17-12-18(25-3)21-15(2)20-17/h4-7,12H,8-11,13H2,1-3H3. The molecule has 0 N–H and O–H groups in total. The van der Waals surface area contributed by atoms with Crippen molar-refractivity contribution in [3.05, 3.63) is 41.7 Å². The zero-order valence-electron chi connectivity index (χ0n) is 15.4. The molecule has 1 aromatic heterocycles. The Balaban J connectivity index is 1.52. The van der Waals surface area contributed by atoms with Crippen molar-refractivity contribution in [1.29, 1.82) is 0 Å². The van der Waals surface area contributed by atoms with Gasteiger partial charge in [0.2, 0.25) is 5.88 Å². The second-order valence-corrected chi connectivity index (χ2v) is 6.29. The molecule has 138 valence electrons. The fourth-order valence-corrected chi connectivity index (χ4v) is 2.85. The molecule has 7 nitrogen and oxygen atoms in total. The van der Waals surface area contributed by atoms with E-state index in [9.17, 15) is 4.79 Å². The number of hydrogen-bond donors (Lipinski definition) is 0. The molecule has 2 heterocycles. The van der Waals surface area contributed by atoms with Crippen molar-refractivity contribution in [2.45, 2.75) is 13.8 Å². The van der Waals surface area contributed by atoms with E-state index in [-0.39, 0.29) is 12.5 Å². The summed E-state index contributed by atoms with van der Waals surface area (Å²) in [5.41, 5.74) is 1.16. The van der Waals surface area contributed by atoms with Crippen molar-refractivity contribution in [3.63, 3.8) is 0 Å². The third kappa shape index (κ3) is 4.41. The van der Waals surface area contributed by atoms with Gasteiger partial charge in [-0.05, 0) is 26.0 Å². The molecule has 0 radical (unpaired) electrons. The molecule has 1 amide bonds. The maximum atomic E-state index is 12.4. The van der Waals surface area contributed by atoms with Crippen LogP contribution in [0.1, 0.15) is 11.4 Å². The van der Waals surface area contributed by atoms with Gasteiger partial charge in [0.15, 0.2) is 6.61 Å². The van der Waals surface area contributed by atoms with Crippen molar-refractivity contribution in [2.24, 2.45) is 0 Å². The Morgan fingerprint density at radius 2 is 1.77 bits per heavy atom. The number of amides is 1. The normalized spacial score (nSPS) is 14.3. The van der Waals surface area contributed by atoms with Crippen LogP contribution in [0.3, 0.4) is 0 Å². The third-order valence-corrected chi connectivity index (χ3v) is 4.35. The van der Waals surface area contributed by atoms with E-state index in [0.717, 1.165) is 24.5 Å². The number of benzene rings is 1. The van der Waals surface area contributed by atoms with Crippen molar-refractivity contribution in [2.75, 3.05) is 44.8 Å². The van der Waals surface area contributed by atoms with Crippen molar-refractivity contribution >= 4 is 11.7 Å². The highest BCUT2D eigenvalue weighted by molar-refractivity contribution is 5.78. The Hall–Kier alpha value is -2.83. The first-order chi connectivity index (χ1) is 12.5. The lowest BCUT2D eigenvalue weighted by molar-refractivity contribution is -0.133. The number of rotatable bonds is 5. The summed E-state index contributed by atoms with van der Waals surface area (Å²) in [7, 11) is 1.59. The summed E-state index contributed by atoms with van der Waals surface area (Å²) in [6.45, 7) is 6.63. The number of carbonyl (C=O) groups is 1. The average molecular weight is 356 g/mol. The molecule has 0 spiro atoms. The average Bonchev–Trinajstić information content (AvgIpc) is 2.67. The Labute approximate surface area is 153 Å². The van der Waals surface area contributed by atoms with Gasteiger partial charge in [-0.2, -0.15) is 4.98 Å². The topological polar surface area (TPSA) is 67.8 Å². The minimum absolute atomic E-state index is 0.00155. The zero-order valence-corrected chi connectivity index (χ0v) is 15.4. The van der Waals surface area contributed by atoms with Gasteiger partial charge in [-0.1, -0.05) is 17.7 Å². The second-order valence-electron chi connectivity index (χ2n) is 6.29. The first-order valence-electron chi connectivity index (χ1n) is 8.67. The van der Waals surface area contributed by atoms with Crippen LogP contribution in [0.4, 0.5) is 5.82 Å². The second kappa shape index (κ2) is 8.03. The molecule has 0 atom stereocenters. The molecule has 1 saturated heterocycles. The number of carbonyl (C=O) groups excluding carboxylic acids is 1. The SMILES string of the molecule is COc1cc(N2CCN(C(=O)COc3ccc(C)cc3)CC2)nc(C)n1. The quantitative estimate of drug-likeness (QED) is 0.814. The monoisotopic (exact) mass is 356 g/mol. The first kappa shape index (κ1) is 18.0. The van der Waals surface area contributed by atoms with Gasteiger partial charge < -0.3 is 19.3 Å². The van der Waals surface area contributed by atoms with Crippen LogP contribution in [0.2, 0.25) is 0 Å². The van der Waals surface area contributed by atoms with Gasteiger partial charge >= 0.3 is 0 Å². The lowest BCUT2D eigenvalue weighted by atomic mass is 10.2. The molecule has 2 aromatic rings. The van der Waals surface area contributed by atoms with Gasteiger partial charge in [-0.15, -0.1) is 0 Å². The number of aryl methyl sites for hydroxylation is 2. The maximum absolute atomic E-state index is 12.4. The van der Waals surface area contributed by atoms with E-state index in [1.165, 1.54) is 0 Å². The lowest BCUT2D eigenvalue weighted by Gasteiger charge is -2.35. The molecule has 0 unspecified atom stereocenters. The fourth-order valence-electron chi connectivity index (χ4n) is 2.85. The molecule has 1 aromatic carbocycles. The summed E-state index contributed by atoms with van der Waals surface area (Å²) in [5.74, 6) is 2.77. The van der Waals surface area contributed by atoms with E-state index >= 15 is 0 Å². The Bertz CT molecular complexity index is 756. The molecule has 26 heavy (non-hydrogen) atoms. The van der Waals surface area contributed by atoms with Crippen LogP contribution in [-0.4, -0.2) is 60.7 Å². The minimum atomic E-state index is 0.00155. The van der Waals surface area contributed by atoms with Crippen LogP contribution in [0, 0.1) is 13.8 Å². The number of methoxy groups -OCH3 is 1. The van der Waals surface area contributed by atoms with Gasteiger partial charge in [-0.25, -0.2) is 4.98 Å². The molecule has 3 rings (SSSR count). The summed E-state index contributed by atoms with van der Waals surface area (Å²) in [4.78, 5) is 25.0. The third-order valence-electron chi connectivity index (χ3n) is 4.35. The lowest BCUT2D eigenvalue weighted by Crippen LogP contribution is -2.50. The molecule has 1 aliphatic rings. The Morgan fingerprint density at radius 3 is 2.42 bits per heavy atom. The first-order valence-corrected chi connectivity index (χ1v) is 8.67. The van der Waals surface area contributed by atoms with Gasteiger partial charge in [0.25, 0.3) is 5.91 Å². The van der Waals surface area contributed by atoms with E-state index in [4.69, 9.17) is 9.47 Å². The van der Waals surface area contributed by atoms with Crippen molar-refractivity contribution in [3.8, 4) is 11.6 Å². The molecule has 1 aliphatic heterocycles. The number of aromatic nitrogens is 2. The highest BCUT2D eigenvalue weighted by atomic mass is 16.5. The summed E-state index contributed by atoms with van der Waals surface area (Å²) in [6.07, 6.45) is 0. The van der Waals surface area contributed by atoms with Gasteiger partial charge in [-0.3, -0.25) is 4.79 Å². The summed E-state index contributed by atoms with van der Waals surface area (Å²) in [6, 6.07) is 9.52. The van der Waals surface area contributed by atoms with Gasteiger partial charge in [0.1, 0.15) is 17.4 Å². The van der Waals surface area contributed by atoms with E-state index < -0.39 is 0 Å². The molecule has 0 saturated carbocycles. The smallest absolute Gasteiger partial charge is 0.260 e. The van der Waals surface area contributed by atoms with E-state index in [0.29, 0.717) is 30.5 Å². The summed E-state index contributed by atoms with van der Waals surface area (Å²) >= 11 is 0. The van der Waals surface area contributed by atoms with Crippen LogP contribution < -0.4 is 14.4 Å². The van der Waals surface area contributed by atoms with Crippen molar-refractivity contribution in [1.82, 2.24) is 14.9 Å². The molecule has 0 bridgehead atoms. The minimum Gasteiger partial charge on any atom is -0.484 e. The number of ether oxygens (including phenoxy) is 2. The van der Waals surface area contributed by atoms with E-state index in [1.54, 1.807) is 7.11 Å². The van der Waals surface area contributed by atoms with Crippen LogP contribution >= 0.6 is 0 Å². The highest BCUT2D eigenvalue weighted by Gasteiger charge is 2.22. The van der Waals surface area contributed by atoms with Crippen LogP contribution in [0.25, 0.3) is 0 Å². The fraction of sp³-hybridized carbons (Fsp3) is 0.421. The maximum Gasteiger partial charge on any atom is 0.260 e. The number of hydrogen-bond acceptors (Lipinski definition) is 6. The van der Waals surface area contributed by atoms with Gasteiger partial charge in [0.05, 0.1) is 7.11 Å². The summed E-state index contributed by atoms with van der Waals surface area (Å²) in [5, 5.41) is 0. The van der Waals surface area contributed by atoms with Crippen molar-refractivity contribution < 1.29 is 14.3 Å². The molecule has 1 fully saturated rings. The van der Waals surface area contributed by atoms with Crippen LogP contribution in [0.5, 0.6) is 11.6 Å². The highest BCUT2D eigenvalue weighted by Crippen LogP contribution is 2.19. The molecular weight excluding hydrogens is 332 g/mol. The van der Waals surface area contributed by atoms with Crippen LogP contribution in [0.15, 0.2) is 30.3 Å². The largest absolute Gasteiger partial charge is 0.484 e. The number of piperazine rings is 1. The number of anilines is 1. The molecule has 0 aliphatic carbocycles. The zero-order chi connectivity index (χ0) is 18.5. The van der Waals surface area contributed by atoms with Crippen LogP contribution in [-0.2, 0) is 4.79 Å². The number of nitrogens with zero attached hydrogens (tertiary/aromatic N) is 4. The van der Waals surface area contributed by atoms with E-state index in [1.807, 2.05) is 49.1 Å². The molecule has 7 heteroatoms. The van der Waals surface area contributed by atoms with Gasteiger partial charge in [0, 0.05) is 32.2 Å². The summed E-state index contributed by atoms with van der Waals surface area (Å²) < 4.78 is 10.8. The predicted octanol–water partition coefficient (Wildman–Crippen LogP) is 1.83. The Kier molecular flexibility index (Phi) is 5.55. The van der Waals surface area contributed by atoms with E-state index in [2.05, 4.69) is 14.9 Å².